The third kappa shape index (κ3) is 6.15. The van der Waals surface area contributed by atoms with Crippen LogP contribution in [-0.2, 0) is 0 Å². The molecule has 0 saturated heterocycles. The van der Waals surface area contributed by atoms with E-state index < -0.39 is 0 Å². The van der Waals surface area contributed by atoms with E-state index in [-0.39, 0.29) is 0 Å². The molecule has 0 heterocycles. The van der Waals surface area contributed by atoms with Gasteiger partial charge in [0.05, 0.1) is 0 Å². The first kappa shape index (κ1) is 10.7. The van der Waals surface area contributed by atoms with Crippen molar-refractivity contribution in [2.24, 2.45) is 0 Å². The van der Waals surface area contributed by atoms with Crippen LogP contribution in [0.3, 0.4) is 0 Å². The molecular weight excluding hydrogens is 132 g/mol. The van der Waals surface area contributed by atoms with Gasteiger partial charge in [0.2, 0.25) is 0 Å². The second kappa shape index (κ2) is 7.84. The molecule has 0 aromatic heterocycles. The van der Waals surface area contributed by atoms with Crippen molar-refractivity contribution in [2.45, 2.75) is 59.3 Å². The lowest BCUT2D eigenvalue weighted by Gasteiger charge is -2.01. The summed E-state index contributed by atoms with van der Waals surface area (Å²) in [4.78, 5) is 0. The maximum Gasteiger partial charge on any atom is -0.0323 e. The highest BCUT2D eigenvalue weighted by Gasteiger charge is 1.90. The van der Waals surface area contributed by atoms with Gasteiger partial charge < -0.3 is 0 Å². The average molecular weight is 154 g/mol. The van der Waals surface area contributed by atoms with Crippen LogP contribution in [0, 0.1) is 0 Å². The molecule has 11 heavy (non-hydrogen) atoms. The number of unbranched alkanes of at least 4 members (excludes halogenated alkanes) is 2. The minimum atomic E-state index is 1.25. The van der Waals surface area contributed by atoms with Gasteiger partial charge in [0.15, 0.2) is 0 Å². The highest BCUT2D eigenvalue weighted by Crippen LogP contribution is 2.11. The van der Waals surface area contributed by atoms with Crippen LogP contribution in [0.15, 0.2) is 11.6 Å². The fourth-order valence-corrected chi connectivity index (χ4v) is 1.25. The summed E-state index contributed by atoms with van der Waals surface area (Å²) in [5, 5.41) is 0. The van der Waals surface area contributed by atoms with E-state index in [9.17, 15) is 0 Å². The van der Waals surface area contributed by atoms with Crippen molar-refractivity contribution in [2.75, 3.05) is 0 Å². The van der Waals surface area contributed by atoms with Gasteiger partial charge in [-0.15, -0.1) is 0 Å². The van der Waals surface area contributed by atoms with Gasteiger partial charge in [-0.1, -0.05) is 51.7 Å². The molecule has 0 aromatic rings. The quantitative estimate of drug-likeness (QED) is 0.395. The summed E-state index contributed by atoms with van der Waals surface area (Å²) in [6, 6.07) is 0. The molecule has 0 saturated carbocycles. The molecule has 0 aromatic carbocycles. The Labute approximate surface area is 71.7 Å². The van der Waals surface area contributed by atoms with Gasteiger partial charge in [-0.3, -0.25) is 0 Å². The lowest BCUT2D eigenvalue weighted by atomic mass is 10.1. The van der Waals surface area contributed by atoms with Crippen molar-refractivity contribution in [1.29, 1.82) is 0 Å². The first-order valence-corrected chi connectivity index (χ1v) is 5.03. The van der Waals surface area contributed by atoms with Crippen LogP contribution < -0.4 is 0 Å². The van der Waals surface area contributed by atoms with Gasteiger partial charge in [0, 0.05) is 0 Å². The summed E-state index contributed by atoms with van der Waals surface area (Å²) in [5.74, 6) is 0. The summed E-state index contributed by atoms with van der Waals surface area (Å²) in [6.45, 7) is 6.76. The first-order valence-electron chi connectivity index (χ1n) is 5.03. The number of hydrogen-bond acceptors (Lipinski definition) is 0. The van der Waals surface area contributed by atoms with Crippen LogP contribution in [0.5, 0.6) is 0 Å². The monoisotopic (exact) mass is 154 g/mol. The van der Waals surface area contributed by atoms with E-state index in [0.29, 0.717) is 0 Å². The predicted octanol–water partition coefficient (Wildman–Crippen LogP) is 4.31. The molecule has 0 aliphatic heterocycles. The zero-order valence-corrected chi connectivity index (χ0v) is 8.32. The highest BCUT2D eigenvalue weighted by molar-refractivity contribution is 5.00. The van der Waals surface area contributed by atoms with E-state index in [0.717, 1.165) is 0 Å². The zero-order chi connectivity index (χ0) is 8.53. The van der Waals surface area contributed by atoms with E-state index >= 15 is 0 Å². The maximum absolute atomic E-state index is 2.44. The molecule has 66 valence electrons. The molecule has 0 N–H and O–H groups in total. The molecule has 0 atom stereocenters. The molecule has 0 radical (unpaired) electrons. The second-order valence-electron chi connectivity index (χ2n) is 3.11. The van der Waals surface area contributed by atoms with Gasteiger partial charge in [0.1, 0.15) is 0 Å². The molecular formula is C11H22. The lowest BCUT2D eigenvalue weighted by molar-refractivity contribution is 0.788. The molecule has 0 amide bonds. The van der Waals surface area contributed by atoms with E-state index in [2.05, 4.69) is 26.8 Å². The smallest absolute Gasteiger partial charge is 0.0323 e. The Hall–Kier alpha value is -0.260. The van der Waals surface area contributed by atoms with Gasteiger partial charge in [-0.25, -0.2) is 0 Å². The molecule has 0 fully saturated rings. The normalized spacial score (nSPS) is 12.1. The first-order chi connectivity index (χ1) is 5.35. The van der Waals surface area contributed by atoms with Crippen LogP contribution in [0.4, 0.5) is 0 Å². The largest absolute Gasteiger partial charge is 0.0853 e. The summed E-state index contributed by atoms with van der Waals surface area (Å²) >= 11 is 0. The molecule has 0 aliphatic rings. The van der Waals surface area contributed by atoms with Crippen molar-refractivity contribution in [3.05, 3.63) is 11.6 Å². The predicted molar refractivity (Wildman–Crippen MR) is 52.8 cm³/mol. The Morgan fingerprint density at radius 2 is 1.82 bits per heavy atom. The number of allylic oxidation sites excluding steroid dienone is 2. The summed E-state index contributed by atoms with van der Waals surface area (Å²) in [6.07, 6.45) is 10.3. The van der Waals surface area contributed by atoms with Crippen LogP contribution in [0.2, 0.25) is 0 Å². The Morgan fingerprint density at radius 3 is 2.27 bits per heavy atom. The molecule has 0 heteroatoms. The fourth-order valence-electron chi connectivity index (χ4n) is 1.25. The van der Waals surface area contributed by atoms with Gasteiger partial charge in [0.25, 0.3) is 0 Å². The summed E-state index contributed by atoms with van der Waals surface area (Å²) in [5.41, 5.74) is 1.65. The standard InChI is InChI=1S/C11H22/c1-4-7-8-10-11(6-3)9-5-2/h10H,4-9H2,1-3H3. The molecule has 0 rings (SSSR count). The molecule has 0 aliphatic carbocycles. The Kier molecular flexibility index (Phi) is 7.66. The van der Waals surface area contributed by atoms with Crippen molar-refractivity contribution in [3.63, 3.8) is 0 Å². The third-order valence-corrected chi connectivity index (χ3v) is 2.02. The third-order valence-electron chi connectivity index (χ3n) is 2.02. The van der Waals surface area contributed by atoms with Crippen molar-refractivity contribution in [1.82, 2.24) is 0 Å². The van der Waals surface area contributed by atoms with Gasteiger partial charge >= 0.3 is 0 Å². The molecule has 0 spiro atoms. The fraction of sp³-hybridized carbons (Fsp3) is 0.818. The maximum atomic E-state index is 2.44. The highest BCUT2D eigenvalue weighted by atomic mass is 14.0. The van der Waals surface area contributed by atoms with Crippen LogP contribution >= 0.6 is 0 Å². The second-order valence-corrected chi connectivity index (χ2v) is 3.11. The number of hydrogen-bond donors (Lipinski definition) is 0. The molecule has 0 nitrogen and oxygen atoms in total. The Morgan fingerprint density at radius 1 is 1.09 bits per heavy atom. The lowest BCUT2D eigenvalue weighted by Crippen LogP contribution is -1.80. The van der Waals surface area contributed by atoms with E-state index in [1.54, 1.807) is 5.57 Å². The minimum Gasteiger partial charge on any atom is -0.0853 e. The van der Waals surface area contributed by atoms with E-state index in [1.165, 1.54) is 38.5 Å². The minimum absolute atomic E-state index is 1.25. The SMILES string of the molecule is CCCCC=C(CC)CCC. The average Bonchev–Trinajstić information content (AvgIpc) is 2.03. The van der Waals surface area contributed by atoms with E-state index in [4.69, 9.17) is 0 Å². The molecule has 0 unspecified atom stereocenters. The zero-order valence-electron chi connectivity index (χ0n) is 8.32. The van der Waals surface area contributed by atoms with Crippen LogP contribution in [0.1, 0.15) is 59.3 Å². The summed E-state index contributed by atoms with van der Waals surface area (Å²) < 4.78 is 0. The molecule has 0 bridgehead atoms. The van der Waals surface area contributed by atoms with E-state index in [1.807, 2.05) is 0 Å². The van der Waals surface area contributed by atoms with Gasteiger partial charge in [-0.05, 0) is 19.3 Å². The Balaban J connectivity index is 3.52. The Bertz CT molecular complexity index is 101. The van der Waals surface area contributed by atoms with Crippen molar-refractivity contribution >= 4 is 0 Å². The number of rotatable bonds is 6. The van der Waals surface area contributed by atoms with Crippen LogP contribution in [0.25, 0.3) is 0 Å². The van der Waals surface area contributed by atoms with Crippen molar-refractivity contribution in [3.8, 4) is 0 Å². The summed E-state index contributed by atoms with van der Waals surface area (Å²) in [7, 11) is 0. The van der Waals surface area contributed by atoms with Crippen LogP contribution in [-0.4, -0.2) is 0 Å². The van der Waals surface area contributed by atoms with Gasteiger partial charge in [-0.2, -0.15) is 0 Å². The topological polar surface area (TPSA) is 0 Å². The van der Waals surface area contributed by atoms with Crippen molar-refractivity contribution < 1.29 is 0 Å².